The van der Waals surface area contributed by atoms with Gasteiger partial charge in [0.2, 0.25) is 10.0 Å². The molecule has 7 heteroatoms. The summed E-state index contributed by atoms with van der Waals surface area (Å²) in [5, 5.41) is 2.74. The number of nitrogens with one attached hydrogen (secondary N) is 2. The summed E-state index contributed by atoms with van der Waals surface area (Å²) in [7, 11) is -3.86. The largest absolute Gasteiger partial charge is 0.321 e. The third kappa shape index (κ3) is 4.90. The van der Waals surface area contributed by atoms with Gasteiger partial charge in [-0.25, -0.2) is 17.5 Å². The molecule has 0 heterocycles. The van der Waals surface area contributed by atoms with E-state index in [1.807, 2.05) is 39.8 Å². The van der Waals surface area contributed by atoms with Gasteiger partial charge in [0.1, 0.15) is 5.82 Å². The second-order valence-corrected chi connectivity index (χ2v) is 10.1. The van der Waals surface area contributed by atoms with Crippen LogP contribution in [0.3, 0.4) is 0 Å². The zero-order chi connectivity index (χ0) is 22.1. The van der Waals surface area contributed by atoms with E-state index in [9.17, 15) is 17.6 Å². The summed E-state index contributed by atoms with van der Waals surface area (Å²) in [4.78, 5) is 12.7. The summed E-state index contributed by atoms with van der Waals surface area (Å²) in [5.74, 6) is -1.20. The lowest BCUT2D eigenvalue weighted by Gasteiger charge is -2.29. The van der Waals surface area contributed by atoms with E-state index in [1.165, 1.54) is 6.07 Å². The minimum Gasteiger partial charge on any atom is -0.321 e. The Morgan fingerprint density at radius 3 is 2.30 bits per heavy atom. The van der Waals surface area contributed by atoms with Gasteiger partial charge in [-0.3, -0.25) is 4.79 Å². The molecule has 1 fully saturated rings. The van der Waals surface area contributed by atoms with E-state index in [4.69, 9.17) is 0 Å². The lowest BCUT2D eigenvalue weighted by molar-refractivity contribution is 0.102. The van der Waals surface area contributed by atoms with Gasteiger partial charge in [-0.1, -0.05) is 37.5 Å². The van der Waals surface area contributed by atoms with Crippen molar-refractivity contribution in [2.75, 3.05) is 5.32 Å². The van der Waals surface area contributed by atoms with Gasteiger partial charge in [-0.15, -0.1) is 0 Å². The molecule has 0 saturated heterocycles. The van der Waals surface area contributed by atoms with Crippen LogP contribution < -0.4 is 10.0 Å². The minimum atomic E-state index is -3.86. The van der Waals surface area contributed by atoms with Crippen LogP contribution >= 0.6 is 0 Å². The van der Waals surface area contributed by atoms with Crippen LogP contribution in [0.15, 0.2) is 35.2 Å². The maximum absolute atomic E-state index is 14.4. The third-order valence-corrected chi connectivity index (χ3v) is 7.31. The van der Waals surface area contributed by atoms with Gasteiger partial charge in [0, 0.05) is 11.7 Å². The number of carbonyl (C=O) groups excluding carboxylic acids is 1. The molecule has 1 aliphatic carbocycles. The van der Waals surface area contributed by atoms with Crippen LogP contribution in [0, 0.1) is 32.5 Å². The molecule has 30 heavy (non-hydrogen) atoms. The van der Waals surface area contributed by atoms with E-state index in [-0.39, 0.29) is 22.4 Å². The molecule has 2 N–H and O–H groups in total. The smallest absolute Gasteiger partial charge is 0.258 e. The Labute approximate surface area is 178 Å². The van der Waals surface area contributed by atoms with Crippen LogP contribution in [-0.4, -0.2) is 20.4 Å². The molecule has 1 aliphatic rings. The molecule has 0 aromatic heterocycles. The first-order valence-corrected chi connectivity index (χ1v) is 11.8. The fraction of sp³-hybridized carbons (Fsp3) is 0.435. The van der Waals surface area contributed by atoms with Gasteiger partial charge in [0.15, 0.2) is 0 Å². The maximum Gasteiger partial charge on any atom is 0.258 e. The number of benzene rings is 2. The van der Waals surface area contributed by atoms with E-state index < -0.39 is 21.7 Å². The Morgan fingerprint density at radius 2 is 1.67 bits per heavy atom. The molecule has 0 aliphatic heterocycles. The van der Waals surface area contributed by atoms with Gasteiger partial charge in [-0.2, -0.15) is 0 Å². The first-order chi connectivity index (χ1) is 14.1. The fourth-order valence-electron chi connectivity index (χ4n) is 4.16. The van der Waals surface area contributed by atoms with Crippen molar-refractivity contribution >= 4 is 21.6 Å². The van der Waals surface area contributed by atoms with Gasteiger partial charge in [-0.05, 0) is 68.9 Å². The molecule has 2 atom stereocenters. The molecule has 3 rings (SSSR count). The van der Waals surface area contributed by atoms with Crippen LogP contribution in [0.4, 0.5) is 10.1 Å². The number of hydrogen-bond acceptors (Lipinski definition) is 3. The van der Waals surface area contributed by atoms with Crippen molar-refractivity contribution < 1.29 is 17.6 Å². The number of anilines is 1. The average Bonchev–Trinajstić information content (AvgIpc) is 2.66. The van der Waals surface area contributed by atoms with E-state index in [1.54, 1.807) is 0 Å². The van der Waals surface area contributed by atoms with Gasteiger partial charge in [0.05, 0.1) is 10.5 Å². The fourth-order valence-corrected chi connectivity index (χ4v) is 5.57. The Balaban J connectivity index is 1.87. The lowest BCUT2D eigenvalue weighted by atomic mass is 9.87. The van der Waals surface area contributed by atoms with Gasteiger partial charge in [0.25, 0.3) is 5.91 Å². The summed E-state index contributed by atoms with van der Waals surface area (Å²) in [6, 6.07) is 7.04. The van der Waals surface area contributed by atoms with Crippen molar-refractivity contribution in [3.8, 4) is 0 Å². The first-order valence-electron chi connectivity index (χ1n) is 10.3. The maximum atomic E-state index is 14.4. The normalized spacial score (nSPS) is 19.5. The highest BCUT2D eigenvalue weighted by molar-refractivity contribution is 7.89. The second-order valence-electron chi connectivity index (χ2n) is 8.36. The third-order valence-electron chi connectivity index (χ3n) is 5.83. The van der Waals surface area contributed by atoms with E-state index in [0.29, 0.717) is 5.69 Å². The molecule has 0 unspecified atom stereocenters. The Bertz CT molecular complexity index is 1040. The molecule has 0 radical (unpaired) electrons. The molecular formula is C23H29FN2O3S. The molecule has 5 nitrogen and oxygen atoms in total. The zero-order valence-corrected chi connectivity index (χ0v) is 18.7. The number of carbonyl (C=O) groups is 1. The molecule has 2 aromatic rings. The standard InChI is InChI=1S/C23H29FN2O3S/c1-14-11-16(3)22(17(4)12-14)25-23(27)19-13-18(9-10-20(19)24)30(28,29)26-21-8-6-5-7-15(21)2/h9-13,15,21,26H,5-8H2,1-4H3,(H,25,27)/t15-,21+/m1/s1. The predicted octanol–water partition coefficient (Wildman–Crippen LogP) is 4.86. The first kappa shape index (κ1) is 22.4. The Hall–Kier alpha value is -2.25. The molecule has 162 valence electrons. The number of aryl methyl sites for hydroxylation is 3. The summed E-state index contributed by atoms with van der Waals surface area (Å²) in [6.45, 7) is 7.71. The predicted molar refractivity (Wildman–Crippen MR) is 117 cm³/mol. The Morgan fingerprint density at radius 1 is 1.03 bits per heavy atom. The molecule has 1 amide bonds. The van der Waals surface area contributed by atoms with Gasteiger partial charge < -0.3 is 5.32 Å². The van der Waals surface area contributed by atoms with Crippen molar-refractivity contribution in [1.82, 2.24) is 4.72 Å². The average molecular weight is 433 g/mol. The highest BCUT2D eigenvalue weighted by Crippen LogP contribution is 2.27. The quantitative estimate of drug-likeness (QED) is 0.708. The Kier molecular flexibility index (Phi) is 6.62. The van der Waals surface area contributed by atoms with Crippen molar-refractivity contribution in [2.45, 2.75) is 64.3 Å². The van der Waals surface area contributed by atoms with E-state index in [2.05, 4.69) is 10.0 Å². The summed E-state index contributed by atoms with van der Waals surface area (Å²) >= 11 is 0. The molecule has 0 spiro atoms. The topological polar surface area (TPSA) is 75.3 Å². The van der Waals surface area contributed by atoms with Gasteiger partial charge >= 0.3 is 0 Å². The number of hydrogen-bond donors (Lipinski definition) is 2. The second kappa shape index (κ2) is 8.86. The van der Waals surface area contributed by atoms with Crippen molar-refractivity contribution in [3.63, 3.8) is 0 Å². The lowest BCUT2D eigenvalue weighted by Crippen LogP contribution is -2.41. The van der Waals surface area contributed by atoms with Crippen LogP contribution in [0.1, 0.15) is 59.7 Å². The molecule has 0 bridgehead atoms. The van der Waals surface area contributed by atoms with Crippen molar-refractivity contribution in [2.24, 2.45) is 5.92 Å². The minimum absolute atomic E-state index is 0.107. The van der Waals surface area contributed by atoms with E-state index >= 15 is 0 Å². The van der Waals surface area contributed by atoms with Crippen molar-refractivity contribution in [3.05, 3.63) is 58.4 Å². The molecular weight excluding hydrogens is 403 g/mol. The highest BCUT2D eigenvalue weighted by Gasteiger charge is 2.28. The molecule has 2 aromatic carbocycles. The summed E-state index contributed by atoms with van der Waals surface area (Å²) in [6.07, 6.45) is 3.82. The summed E-state index contributed by atoms with van der Waals surface area (Å²) in [5.41, 5.74) is 3.09. The van der Waals surface area contributed by atoms with E-state index in [0.717, 1.165) is 54.5 Å². The highest BCUT2D eigenvalue weighted by atomic mass is 32.2. The number of rotatable bonds is 5. The van der Waals surface area contributed by atoms with Crippen LogP contribution in [0.5, 0.6) is 0 Å². The number of sulfonamides is 1. The van der Waals surface area contributed by atoms with Crippen LogP contribution in [0.2, 0.25) is 0 Å². The molecule has 1 saturated carbocycles. The monoisotopic (exact) mass is 432 g/mol. The number of halogens is 1. The van der Waals surface area contributed by atoms with Crippen molar-refractivity contribution in [1.29, 1.82) is 0 Å². The van der Waals surface area contributed by atoms with Crippen LogP contribution in [0.25, 0.3) is 0 Å². The SMILES string of the molecule is Cc1cc(C)c(NC(=O)c2cc(S(=O)(=O)N[C@H]3CCCC[C@H]3C)ccc2F)c(C)c1. The van der Waals surface area contributed by atoms with Crippen LogP contribution in [-0.2, 0) is 10.0 Å². The summed E-state index contributed by atoms with van der Waals surface area (Å²) < 4.78 is 42.9. The number of amides is 1. The zero-order valence-electron chi connectivity index (χ0n) is 17.9.